The number of aromatic nitrogens is 2. The van der Waals surface area contributed by atoms with Gasteiger partial charge in [-0.15, -0.1) is 0 Å². The van der Waals surface area contributed by atoms with Gasteiger partial charge in [-0.25, -0.2) is 14.8 Å². The van der Waals surface area contributed by atoms with Crippen LogP contribution in [-0.2, 0) is 11.2 Å². The predicted octanol–water partition coefficient (Wildman–Crippen LogP) is 2.85. The Morgan fingerprint density at radius 3 is 2.82 bits per heavy atom. The van der Waals surface area contributed by atoms with Gasteiger partial charge in [-0.2, -0.15) is 0 Å². The monoisotopic (exact) mass is 400 g/mol. The van der Waals surface area contributed by atoms with Crippen LogP contribution in [0.15, 0.2) is 41.7 Å². The summed E-state index contributed by atoms with van der Waals surface area (Å²) in [4.78, 5) is 25.2. The second-order valence-electron chi connectivity index (χ2n) is 6.94. The van der Waals surface area contributed by atoms with Crippen LogP contribution in [0.3, 0.4) is 0 Å². The molecule has 2 atom stereocenters. The van der Waals surface area contributed by atoms with E-state index < -0.39 is 0 Å². The summed E-state index contributed by atoms with van der Waals surface area (Å²) in [5, 5.41) is 0.753. The van der Waals surface area contributed by atoms with Crippen molar-refractivity contribution in [3.63, 3.8) is 0 Å². The number of ether oxygens (including phenoxy) is 2. The molecule has 2 aromatic rings. The fraction of sp³-hybridized carbons (Fsp3) is 0.450. The van der Waals surface area contributed by atoms with Crippen molar-refractivity contribution >= 4 is 23.7 Å². The Bertz CT molecular complexity index is 832. The van der Waals surface area contributed by atoms with Crippen LogP contribution in [0.1, 0.15) is 12.0 Å². The van der Waals surface area contributed by atoms with Crippen LogP contribution in [-0.4, -0.2) is 66.1 Å². The average Bonchev–Trinajstić information content (AvgIpc) is 3.26. The summed E-state index contributed by atoms with van der Waals surface area (Å²) < 4.78 is 10.8. The minimum absolute atomic E-state index is 0.0797. The third kappa shape index (κ3) is 3.87. The van der Waals surface area contributed by atoms with Crippen molar-refractivity contribution < 1.29 is 14.3 Å². The summed E-state index contributed by atoms with van der Waals surface area (Å²) in [7, 11) is 1.67. The van der Waals surface area contributed by atoms with Gasteiger partial charge in [0.1, 0.15) is 17.7 Å². The molecule has 0 unspecified atom stereocenters. The zero-order chi connectivity index (χ0) is 19.5. The Labute approximate surface area is 169 Å². The van der Waals surface area contributed by atoms with Crippen molar-refractivity contribution in [1.29, 1.82) is 0 Å². The summed E-state index contributed by atoms with van der Waals surface area (Å²) >= 11 is 1.52. The topological polar surface area (TPSA) is 67.8 Å². The van der Waals surface area contributed by atoms with Gasteiger partial charge in [0.05, 0.1) is 19.7 Å². The van der Waals surface area contributed by atoms with Crippen molar-refractivity contribution in [3.8, 4) is 5.75 Å². The maximum absolute atomic E-state index is 12.3. The number of anilines is 1. The molecular formula is C20H24N4O3S. The maximum atomic E-state index is 12.3. The van der Waals surface area contributed by atoms with E-state index in [1.807, 2.05) is 29.4 Å². The molecule has 1 amide bonds. The summed E-state index contributed by atoms with van der Waals surface area (Å²) in [6.45, 7) is 2.11. The predicted molar refractivity (Wildman–Crippen MR) is 108 cm³/mol. The quantitative estimate of drug-likeness (QED) is 0.523. The third-order valence-electron chi connectivity index (χ3n) is 5.27. The van der Waals surface area contributed by atoms with Gasteiger partial charge in [-0.1, -0.05) is 23.9 Å². The molecule has 2 aliphatic rings. The average molecular weight is 401 g/mol. The second-order valence-corrected chi connectivity index (χ2v) is 7.71. The molecule has 0 aliphatic carbocycles. The number of methoxy groups -OCH3 is 1. The van der Waals surface area contributed by atoms with Gasteiger partial charge < -0.3 is 14.4 Å². The minimum Gasteiger partial charge on any atom is -0.497 e. The molecule has 0 spiro atoms. The van der Waals surface area contributed by atoms with Crippen molar-refractivity contribution in [1.82, 2.24) is 14.9 Å². The number of hydrogen-bond donors (Lipinski definition) is 0. The lowest BCUT2D eigenvalue weighted by Crippen LogP contribution is -2.38. The molecule has 1 aromatic heterocycles. The number of carbonyl (C=O) groups excluding carboxylic acids is 1. The number of amides is 1. The van der Waals surface area contributed by atoms with Crippen LogP contribution in [0.2, 0.25) is 0 Å². The van der Waals surface area contributed by atoms with Crippen molar-refractivity contribution in [2.45, 2.75) is 30.1 Å². The Kier molecular flexibility index (Phi) is 5.57. The summed E-state index contributed by atoms with van der Waals surface area (Å²) in [6.07, 6.45) is 5.26. The minimum atomic E-state index is -0.197. The van der Waals surface area contributed by atoms with E-state index in [2.05, 4.69) is 27.0 Å². The lowest BCUT2D eigenvalue weighted by Gasteiger charge is -2.23. The van der Waals surface area contributed by atoms with Crippen LogP contribution < -0.4 is 9.64 Å². The highest BCUT2D eigenvalue weighted by Gasteiger charge is 2.47. The van der Waals surface area contributed by atoms with E-state index in [1.165, 1.54) is 17.3 Å². The fourth-order valence-electron chi connectivity index (χ4n) is 3.80. The molecule has 4 rings (SSSR count). The van der Waals surface area contributed by atoms with Crippen LogP contribution >= 0.6 is 11.8 Å². The molecule has 3 heterocycles. The molecule has 0 bridgehead atoms. The molecule has 1 aromatic carbocycles. The first-order valence-electron chi connectivity index (χ1n) is 9.40. The maximum Gasteiger partial charge on any atom is 0.410 e. The van der Waals surface area contributed by atoms with E-state index in [0.29, 0.717) is 13.1 Å². The van der Waals surface area contributed by atoms with Gasteiger partial charge in [0.2, 0.25) is 0 Å². The molecule has 2 aliphatic heterocycles. The van der Waals surface area contributed by atoms with Crippen molar-refractivity contribution in [3.05, 3.63) is 42.1 Å². The van der Waals surface area contributed by atoms with Crippen LogP contribution in [0, 0.1) is 0 Å². The van der Waals surface area contributed by atoms with Crippen molar-refractivity contribution in [2.75, 3.05) is 37.9 Å². The van der Waals surface area contributed by atoms with E-state index in [4.69, 9.17) is 9.47 Å². The summed E-state index contributed by atoms with van der Waals surface area (Å²) in [6, 6.07) is 10.1. The number of hydrogen-bond acceptors (Lipinski definition) is 7. The Hall–Kier alpha value is -2.48. The van der Waals surface area contributed by atoms with E-state index in [-0.39, 0.29) is 18.2 Å². The van der Waals surface area contributed by atoms with E-state index in [0.717, 1.165) is 36.1 Å². The fourth-order valence-corrected chi connectivity index (χ4v) is 4.15. The Morgan fingerprint density at radius 1 is 1.25 bits per heavy atom. The Balaban J connectivity index is 1.35. The molecule has 0 radical (unpaired) electrons. The zero-order valence-corrected chi connectivity index (χ0v) is 16.9. The molecular weight excluding hydrogens is 376 g/mol. The molecule has 8 heteroatoms. The van der Waals surface area contributed by atoms with Gasteiger partial charge in [0.25, 0.3) is 0 Å². The zero-order valence-electron chi connectivity index (χ0n) is 16.1. The smallest absolute Gasteiger partial charge is 0.410 e. The number of benzene rings is 1. The number of aryl methyl sites for hydroxylation is 1. The lowest BCUT2D eigenvalue weighted by atomic mass is 10.1. The number of thioether (sulfide) groups is 1. The molecule has 2 saturated heterocycles. The van der Waals surface area contributed by atoms with E-state index in [1.54, 1.807) is 13.3 Å². The molecule has 0 N–H and O–H groups in total. The van der Waals surface area contributed by atoms with Crippen LogP contribution in [0.4, 0.5) is 10.6 Å². The highest BCUT2D eigenvalue weighted by atomic mass is 32.2. The normalized spacial score (nSPS) is 21.0. The number of nitrogens with zero attached hydrogens (tertiary/aromatic N) is 4. The standard InChI is InChI=1S/C20H24N4O3S/c1-26-15-7-5-14(6-8-15)4-3-11-24-16-12-23(13-17(16)27-20(24)25)18-9-10-21-19(22-18)28-2/h5-10,16-17H,3-4,11-13H2,1-2H3/t16-,17+/m1/s1. The highest BCUT2D eigenvalue weighted by molar-refractivity contribution is 7.98. The van der Waals surface area contributed by atoms with Gasteiger partial charge in [0.15, 0.2) is 5.16 Å². The summed E-state index contributed by atoms with van der Waals surface area (Å²) in [5.41, 5.74) is 1.24. The second kappa shape index (κ2) is 8.26. The molecule has 28 heavy (non-hydrogen) atoms. The molecule has 2 fully saturated rings. The first-order valence-corrected chi connectivity index (χ1v) is 10.6. The summed E-state index contributed by atoms with van der Waals surface area (Å²) in [5.74, 6) is 1.75. The lowest BCUT2D eigenvalue weighted by molar-refractivity contribution is 0.135. The first-order chi connectivity index (χ1) is 13.7. The van der Waals surface area contributed by atoms with E-state index >= 15 is 0 Å². The molecule has 7 nitrogen and oxygen atoms in total. The largest absolute Gasteiger partial charge is 0.497 e. The number of rotatable bonds is 7. The van der Waals surface area contributed by atoms with Gasteiger partial charge >= 0.3 is 6.09 Å². The van der Waals surface area contributed by atoms with Gasteiger partial charge in [-0.05, 0) is 42.9 Å². The van der Waals surface area contributed by atoms with Crippen LogP contribution in [0.25, 0.3) is 0 Å². The third-order valence-corrected chi connectivity index (χ3v) is 5.83. The molecule has 0 saturated carbocycles. The number of carbonyl (C=O) groups is 1. The van der Waals surface area contributed by atoms with E-state index in [9.17, 15) is 4.79 Å². The SMILES string of the molecule is COc1ccc(CCCN2C(=O)O[C@H]3CN(c4ccnc(SC)n4)C[C@H]32)cc1. The van der Waals surface area contributed by atoms with Crippen LogP contribution in [0.5, 0.6) is 5.75 Å². The number of fused-ring (bicyclic) bond motifs is 1. The Morgan fingerprint density at radius 2 is 2.07 bits per heavy atom. The van der Waals surface area contributed by atoms with Gasteiger partial charge in [-0.3, -0.25) is 4.90 Å². The molecule has 148 valence electrons. The van der Waals surface area contributed by atoms with Crippen molar-refractivity contribution in [2.24, 2.45) is 0 Å². The first kappa shape index (κ1) is 18.9. The highest BCUT2D eigenvalue weighted by Crippen LogP contribution is 2.30. The van der Waals surface area contributed by atoms with Gasteiger partial charge in [0, 0.05) is 19.3 Å².